The van der Waals surface area contributed by atoms with E-state index in [-0.39, 0.29) is 0 Å². The molecule has 0 saturated carbocycles. The second kappa shape index (κ2) is 18.0. The predicted octanol–water partition coefficient (Wildman–Crippen LogP) is 7.02. The molecule has 0 spiro atoms. The van der Waals surface area contributed by atoms with Gasteiger partial charge < -0.3 is 16.2 Å². The van der Waals surface area contributed by atoms with Gasteiger partial charge in [0.05, 0.1) is 0 Å². The predicted molar refractivity (Wildman–Crippen MR) is 139 cm³/mol. The third kappa shape index (κ3) is 16.0. The maximum atomic E-state index is 4.16. The van der Waals surface area contributed by atoms with Crippen LogP contribution < -0.4 is 16.2 Å². The number of rotatable bonds is 18. The van der Waals surface area contributed by atoms with Crippen molar-refractivity contribution in [3.05, 3.63) is 72.8 Å². The van der Waals surface area contributed by atoms with Gasteiger partial charge in [-0.05, 0) is 65.7 Å². The Hall–Kier alpha value is -1.81. The molecule has 0 aliphatic carbocycles. The number of hydrazine groups is 1. The van der Waals surface area contributed by atoms with E-state index in [1.54, 1.807) is 6.20 Å². The highest BCUT2D eigenvalue weighted by molar-refractivity contribution is 7.99. The highest BCUT2D eigenvalue weighted by atomic mass is 32.2. The molecule has 0 aromatic carbocycles. The summed E-state index contributed by atoms with van der Waals surface area (Å²) in [5, 5.41) is 3.52. The molecule has 2 atom stereocenters. The lowest BCUT2D eigenvalue weighted by atomic mass is 10.0. The molecule has 0 aliphatic heterocycles. The molecule has 0 amide bonds. The fourth-order valence-electron chi connectivity index (χ4n) is 2.82. The lowest BCUT2D eigenvalue weighted by molar-refractivity contribution is 0.571. The Morgan fingerprint density at radius 1 is 1.00 bits per heavy atom. The second-order valence-electron chi connectivity index (χ2n) is 8.15. The first-order valence-corrected chi connectivity index (χ1v) is 12.2. The summed E-state index contributed by atoms with van der Waals surface area (Å²) in [5.74, 6) is 2.45. The molecule has 0 radical (unpaired) electrons. The average molecular weight is 432 g/mol. The number of hydrogen-bond acceptors (Lipinski definition) is 4. The van der Waals surface area contributed by atoms with Crippen molar-refractivity contribution in [2.75, 3.05) is 11.5 Å². The normalized spacial score (nSPS) is 13.8. The van der Waals surface area contributed by atoms with E-state index < -0.39 is 0 Å². The molecule has 0 bridgehead atoms. The van der Waals surface area contributed by atoms with Gasteiger partial charge in [-0.1, -0.05) is 55.5 Å². The van der Waals surface area contributed by atoms with Crippen LogP contribution in [0.15, 0.2) is 72.8 Å². The van der Waals surface area contributed by atoms with Gasteiger partial charge in [0, 0.05) is 35.1 Å². The summed E-state index contributed by atoms with van der Waals surface area (Å²) in [6.07, 6.45) is 15.8. The van der Waals surface area contributed by atoms with E-state index in [9.17, 15) is 0 Å². The van der Waals surface area contributed by atoms with E-state index in [0.29, 0.717) is 12.0 Å². The SMILES string of the molecule is C=CCC(C)C(=C)NC(C)CSC/C=C(/CC/C=C(\C)CCC=C(C)C)NNC=C. The topological polar surface area (TPSA) is 36.1 Å². The molecule has 170 valence electrons. The Labute approximate surface area is 190 Å². The molecule has 0 rings (SSSR count). The lowest BCUT2D eigenvalue weighted by Crippen LogP contribution is -2.30. The molecule has 2 unspecified atom stereocenters. The highest BCUT2D eigenvalue weighted by Crippen LogP contribution is 2.14. The average Bonchev–Trinajstić information content (AvgIpc) is 2.68. The number of hydrogen-bond donors (Lipinski definition) is 3. The molecule has 0 aromatic heterocycles. The molecular weight excluding hydrogens is 386 g/mol. The number of thioether (sulfide) groups is 1. The van der Waals surface area contributed by atoms with Gasteiger partial charge in [-0.15, -0.1) is 6.58 Å². The molecule has 0 aliphatic rings. The van der Waals surface area contributed by atoms with Crippen LogP contribution in [-0.2, 0) is 0 Å². The largest absolute Gasteiger partial charge is 0.385 e. The van der Waals surface area contributed by atoms with Gasteiger partial charge in [0.15, 0.2) is 0 Å². The van der Waals surface area contributed by atoms with Gasteiger partial charge in [0.25, 0.3) is 0 Å². The molecule has 3 N–H and O–H groups in total. The summed E-state index contributed by atoms with van der Waals surface area (Å²) in [6.45, 7) is 22.6. The monoisotopic (exact) mass is 431 g/mol. The maximum absolute atomic E-state index is 4.16. The fourth-order valence-corrected chi connectivity index (χ4v) is 3.71. The number of nitrogens with one attached hydrogen (secondary N) is 3. The van der Waals surface area contributed by atoms with Crippen molar-refractivity contribution < 1.29 is 0 Å². The van der Waals surface area contributed by atoms with Crippen LogP contribution in [-0.4, -0.2) is 17.5 Å². The van der Waals surface area contributed by atoms with Crippen LogP contribution in [0.3, 0.4) is 0 Å². The van der Waals surface area contributed by atoms with Crippen molar-refractivity contribution in [3.8, 4) is 0 Å². The Morgan fingerprint density at radius 2 is 1.70 bits per heavy atom. The molecule has 3 nitrogen and oxygen atoms in total. The summed E-state index contributed by atoms with van der Waals surface area (Å²) in [6, 6.07) is 0.400. The molecule has 0 saturated heterocycles. The lowest BCUT2D eigenvalue weighted by Gasteiger charge is -2.20. The van der Waals surface area contributed by atoms with Crippen LogP contribution in [0.2, 0.25) is 0 Å². The molecule has 0 aromatic rings. The fraction of sp³-hybridized carbons (Fsp3) is 0.538. The van der Waals surface area contributed by atoms with Crippen LogP contribution in [0, 0.1) is 5.92 Å². The second-order valence-corrected chi connectivity index (χ2v) is 9.22. The summed E-state index contributed by atoms with van der Waals surface area (Å²) in [7, 11) is 0. The van der Waals surface area contributed by atoms with E-state index >= 15 is 0 Å². The summed E-state index contributed by atoms with van der Waals surface area (Å²) >= 11 is 1.93. The van der Waals surface area contributed by atoms with Gasteiger partial charge in [0.1, 0.15) is 0 Å². The van der Waals surface area contributed by atoms with Crippen LogP contribution in [0.4, 0.5) is 0 Å². The molecule has 30 heavy (non-hydrogen) atoms. The van der Waals surface area contributed by atoms with E-state index in [0.717, 1.165) is 49.3 Å². The highest BCUT2D eigenvalue weighted by Gasteiger charge is 2.08. The minimum absolute atomic E-state index is 0.400. The quantitative estimate of drug-likeness (QED) is 0.124. The molecular formula is C26H45N3S. The van der Waals surface area contributed by atoms with Crippen LogP contribution in [0.1, 0.15) is 66.7 Å². The van der Waals surface area contributed by atoms with Gasteiger partial charge in [-0.25, -0.2) is 0 Å². The first kappa shape index (κ1) is 28.2. The Bertz CT molecular complexity index is 597. The van der Waals surface area contributed by atoms with Gasteiger partial charge >= 0.3 is 0 Å². The van der Waals surface area contributed by atoms with Crippen molar-refractivity contribution in [1.29, 1.82) is 0 Å². The molecule has 0 fully saturated rings. The Morgan fingerprint density at radius 3 is 2.33 bits per heavy atom. The third-order valence-corrected chi connectivity index (χ3v) is 5.83. The van der Waals surface area contributed by atoms with Crippen molar-refractivity contribution >= 4 is 11.8 Å². The maximum Gasteiger partial charge on any atom is 0.0320 e. The van der Waals surface area contributed by atoms with Crippen molar-refractivity contribution in [1.82, 2.24) is 16.2 Å². The smallest absolute Gasteiger partial charge is 0.0320 e. The van der Waals surface area contributed by atoms with E-state index in [2.05, 4.69) is 88.8 Å². The summed E-state index contributed by atoms with van der Waals surface area (Å²) in [4.78, 5) is 0. The zero-order valence-electron chi connectivity index (χ0n) is 20.0. The molecule has 0 heterocycles. The van der Waals surface area contributed by atoms with Crippen molar-refractivity contribution in [2.24, 2.45) is 5.92 Å². The standard InChI is InChI=1S/C26H45N3S/c1-9-13-23(6)25(8)28-24(7)20-30-19-18-26(29-27-10-2)17-12-16-22(5)15-11-14-21(3)4/h9-10,14,16,18,23-24,27-29H,1-2,8,11-13,15,17,19-20H2,3-7H3/b22-16+,26-18-. The van der Waals surface area contributed by atoms with Gasteiger partial charge in [0.2, 0.25) is 0 Å². The van der Waals surface area contributed by atoms with Gasteiger partial charge in [-0.3, -0.25) is 0 Å². The minimum atomic E-state index is 0.400. The molecule has 4 heteroatoms. The first-order chi connectivity index (χ1) is 14.3. The van der Waals surface area contributed by atoms with E-state index in [1.807, 2.05) is 17.8 Å². The van der Waals surface area contributed by atoms with Crippen LogP contribution >= 0.6 is 11.8 Å². The van der Waals surface area contributed by atoms with E-state index in [4.69, 9.17) is 0 Å². The van der Waals surface area contributed by atoms with Crippen LogP contribution in [0.5, 0.6) is 0 Å². The zero-order chi connectivity index (χ0) is 22.8. The van der Waals surface area contributed by atoms with Gasteiger partial charge in [-0.2, -0.15) is 11.8 Å². The Balaban J connectivity index is 4.39. The Kier molecular flexibility index (Phi) is 16.9. The number of allylic oxidation sites excluding steroid dienone is 7. The third-order valence-electron chi connectivity index (χ3n) is 4.69. The summed E-state index contributed by atoms with van der Waals surface area (Å²) < 4.78 is 0. The minimum Gasteiger partial charge on any atom is -0.385 e. The van der Waals surface area contributed by atoms with Crippen molar-refractivity contribution in [2.45, 2.75) is 72.8 Å². The van der Waals surface area contributed by atoms with Crippen LogP contribution in [0.25, 0.3) is 0 Å². The van der Waals surface area contributed by atoms with E-state index in [1.165, 1.54) is 16.8 Å². The first-order valence-electron chi connectivity index (χ1n) is 11.0. The van der Waals surface area contributed by atoms with Crippen molar-refractivity contribution in [3.63, 3.8) is 0 Å². The summed E-state index contributed by atoms with van der Waals surface area (Å²) in [5.41, 5.74) is 11.4. The zero-order valence-corrected chi connectivity index (χ0v) is 20.8.